The molecule has 0 radical (unpaired) electrons. The Bertz CT molecular complexity index is 855. The highest BCUT2D eigenvalue weighted by atomic mass is 16.4. The molecule has 28 heavy (non-hydrogen) atoms. The SMILES string of the molecule is Cn1cc(C(=O)N2CC(C(=O)O)C(c3ccccc3)C2)c(C2CCCCC2)n1. The van der Waals surface area contributed by atoms with Crippen LogP contribution in [0.15, 0.2) is 36.5 Å². The van der Waals surface area contributed by atoms with E-state index in [2.05, 4.69) is 5.10 Å². The molecule has 2 unspecified atom stereocenters. The third kappa shape index (κ3) is 3.55. The smallest absolute Gasteiger partial charge is 0.308 e. The lowest BCUT2D eigenvalue weighted by atomic mass is 9.85. The Morgan fingerprint density at radius 3 is 2.46 bits per heavy atom. The van der Waals surface area contributed by atoms with E-state index in [0.717, 1.165) is 24.1 Å². The lowest BCUT2D eigenvalue weighted by Crippen LogP contribution is -2.30. The molecule has 1 aromatic carbocycles. The lowest BCUT2D eigenvalue weighted by Gasteiger charge is -2.22. The van der Waals surface area contributed by atoms with Gasteiger partial charge in [0.2, 0.25) is 0 Å². The number of amides is 1. The summed E-state index contributed by atoms with van der Waals surface area (Å²) in [5.41, 5.74) is 2.51. The number of benzene rings is 1. The molecule has 4 rings (SSSR count). The van der Waals surface area contributed by atoms with E-state index in [-0.39, 0.29) is 18.4 Å². The van der Waals surface area contributed by atoms with Crippen molar-refractivity contribution in [2.45, 2.75) is 43.9 Å². The van der Waals surface area contributed by atoms with Gasteiger partial charge < -0.3 is 10.0 Å². The highest BCUT2D eigenvalue weighted by molar-refractivity contribution is 5.96. The van der Waals surface area contributed by atoms with Crippen LogP contribution in [0.1, 0.15) is 65.6 Å². The van der Waals surface area contributed by atoms with E-state index in [1.165, 1.54) is 19.3 Å². The topological polar surface area (TPSA) is 75.4 Å². The molecule has 1 aliphatic carbocycles. The number of aliphatic carboxylic acids is 1. The molecule has 1 amide bonds. The monoisotopic (exact) mass is 381 g/mol. The predicted molar refractivity (Wildman–Crippen MR) is 105 cm³/mol. The number of carboxylic acids is 1. The van der Waals surface area contributed by atoms with Crippen LogP contribution in [0.3, 0.4) is 0 Å². The molecular formula is C22H27N3O3. The maximum absolute atomic E-state index is 13.3. The van der Waals surface area contributed by atoms with E-state index in [9.17, 15) is 14.7 Å². The molecule has 1 N–H and O–H groups in total. The van der Waals surface area contributed by atoms with Crippen molar-refractivity contribution in [1.29, 1.82) is 0 Å². The van der Waals surface area contributed by atoms with Crippen LogP contribution < -0.4 is 0 Å². The number of rotatable bonds is 4. The molecule has 6 nitrogen and oxygen atoms in total. The number of hydrogen-bond acceptors (Lipinski definition) is 3. The molecule has 2 heterocycles. The second kappa shape index (κ2) is 7.78. The predicted octanol–water partition coefficient (Wildman–Crippen LogP) is 3.41. The van der Waals surface area contributed by atoms with Crippen molar-refractivity contribution < 1.29 is 14.7 Å². The van der Waals surface area contributed by atoms with Gasteiger partial charge in [0.25, 0.3) is 5.91 Å². The first-order valence-corrected chi connectivity index (χ1v) is 10.1. The van der Waals surface area contributed by atoms with Gasteiger partial charge in [-0.05, 0) is 18.4 Å². The fourth-order valence-electron chi connectivity index (χ4n) is 4.78. The van der Waals surface area contributed by atoms with E-state index in [1.807, 2.05) is 37.4 Å². The second-order valence-electron chi connectivity index (χ2n) is 8.11. The van der Waals surface area contributed by atoms with Crippen molar-refractivity contribution in [3.63, 3.8) is 0 Å². The van der Waals surface area contributed by atoms with Crippen molar-refractivity contribution in [3.8, 4) is 0 Å². The highest BCUT2D eigenvalue weighted by Crippen LogP contribution is 2.36. The molecule has 1 saturated carbocycles. The first-order chi connectivity index (χ1) is 13.5. The van der Waals surface area contributed by atoms with Crippen LogP contribution >= 0.6 is 0 Å². The zero-order valence-electron chi connectivity index (χ0n) is 16.3. The van der Waals surface area contributed by atoms with Crippen LogP contribution in [0, 0.1) is 5.92 Å². The van der Waals surface area contributed by atoms with Gasteiger partial charge in [0.15, 0.2) is 0 Å². The average molecular weight is 381 g/mol. The Morgan fingerprint density at radius 2 is 1.79 bits per heavy atom. The van der Waals surface area contributed by atoms with Gasteiger partial charge in [-0.2, -0.15) is 5.10 Å². The summed E-state index contributed by atoms with van der Waals surface area (Å²) < 4.78 is 1.72. The minimum absolute atomic E-state index is 0.0849. The Hall–Kier alpha value is -2.63. The van der Waals surface area contributed by atoms with Crippen LogP contribution in [0.25, 0.3) is 0 Å². The Kier molecular flexibility index (Phi) is 5.20. The normalized spacial score (nSPS) is 23.1. The van der Waals surface area contributed by atoms with Gasteiger partial charge >= 0.3 is 5.97 Å². The summed E-state index contributed by atoms with van der Waals surface area (Å²) in [5.74, 6) is -1.36. The maximum atomic E-state index is 13.3. The summed E-state index contributed by atoms with van der Waals surface area (Å²) in [6.07, 6.45) is 7.55. The first kappa shape index (κ1) is 18.7. The standard InChI is InChI=1S/C22H27N3O3/c1-24-12-19(20(23-24)16-10-6-3-7-11-16)21(26)25-13-17(18(14-25)22(27)28)15-8-4-2-5-9-15/h2,4-5,8-9,12,16-18H,3,6-7,10-11,13-14H2,1H3,(H,27,28). The molecule has 2 aliphatic rings. The van der Waals surface area contributed by atoms with Crippen molar-refractivity contribution in [2.24, 2.45) is 13.0 Å². The fraction of sp³-hybridized carbons (Fsp3) is 0.500. The molecule has 1 aliphatic heterocycles. The van der Waals surface area contributed by atoms with E-state index in [4.69, 9.17) is 0 Å². The Balaban J connectivity index is 1.59. The zero-order chi connectivity index (χ0) is 19.7. The fourth-order valence-corrected chi connectivity index (χ4v) is 4.78. The largest absolute Gasteiger partial charge is 0.481 e. The van der Waals surface area contributed by atoms with Gasteiger partial charge in [0, 0.05) is 38.2 Å². The third-order valence-corrected chi connectivity index (χ3v) is 6.23. The minimum Gasteiger partial charge on any atom is -0.481 e. The Labute approximate surface area is 165 Å². The average Bonchev–Trinajstić information content (AvgIpc) is 3.33. The molecule has 2 fully saturated rings. The molecular weight excluding hydrogens is 354 g/mol. The highest BCUT2D eigenvalue weighted by Gasteiger charge is 2.41. The quantitative estimate of drug-likeness (QED) is 0.881. The summed E-state index contributed by atoms with van der Waals surface area (Å²) in [4.78, 5) is 26.9. The first-order valence-electron chi connectivity index (χ1n) is 10.1. The van der Waals surface area contributed by atoms with Crippen LogP contribution in [-0.4, -0.2) is 44.8 Å². The Morgan fingerprint density at radius 1 is 1.07 bits per heavy atom. The summed E-state index contributed by atoms with van der Waals surface area (Å²) in [6.45, 7) is 0.672. The number of carboxylic acid groups (broad SMARTS) is 1. The molecule has 2 atom stereocenters. The minimum atomic E-state index is -0.845. The molecule has 2 aromatic rings. The van der Waals surface area contributed by atoms with Crippen molar-refractivity contribution >= 4 is 11.9 Å². The zero-order valence-corrected chi connectivity index (χ0v) is 16.3. The van der Waals surface area contributed by atoms with Crippen molar-refractivity contribution in [3.05, 3.63) is 53.3 Å². The number of aromatic nitrogens is 2. The molecule has 6 heteroatoms. The lowest BCUT2D eigenvalue weighted by molar-refractivity contribution is -0.141. The van der Waals surface area contributed by atoms with E-state index in [1.54, 1.807) is 15.8 Å². The van der Waals surface area contributed by atoms with E-state index in [0.29, 0.717) is 18.0 Å². The van der Waals surface area contributed by atoms with E-state index >= 15 is 0 Å². The second-order valence-corrected chi connectivity index (χ2v) is 8.11. The van der Waals surface area contributed by atoms with Crippen LogP contribution in [0.5, 0.6) is 0 Å². The molecule has 0 spiro atoms. The van der Waals surface area contributed by atoms with Crippen LogP contribution in [0.4, 0.5) is 0 Å². The third-order valence-electron chi connectivity index (χ3n) is 6.23. The summed E-state index contributed by atoms with van der Waals surface area (Å²) >= 11 is 0. The van der Waals surface area contributed by atoms with E-state index < -0.39 is 11.9 Å². The summed E-state index contributed by atoms with van der Waals surface area (Å²) in [5, 5.41) is 14.3. The van der Waals surface area contributed by atoms with Gasteiger partial charge in [-0.25, -0.2) is 0 Å². The number of aryl methyl sites for hydroxylation is 1. The van der Waals surface area contributed by atoms with Gasteiger partial charge in [-0.15, -0.1) is 0 Å². The summed E-state index contributed by atoms with van der Waals surface area (Å²) in [6, 6.07) is 9.66. The molecule has 1 saturated heterocycles. The number of carbonyl (C=O) groups excluding carboxylic acids is 1. The van der Waals surface area contributed by atoms with Crippen LogP contribution in [0.2, 0.25) is 0 Å². The maximum Gasteiger partial charge on any atom is 0.308 e. The van der Waals surface area contributed by atoms with Gasteiger partial charge in [-0.3, -0.25) is 14.3 Å². The van der Waals surface area contributed by atoms with Crippen molar-refractivity contribution in [1.82, 2.24) is 14.7 Å². The molecule has 1 aromatic heterocycles. The van der Waals surface area contributed by atoms with Crippen LogP contribution in [-0.2, 0) is 11.8 Å². The van der Waals surface area contributed by atoms with Crippen molar-refractivity contribution in [2.75, 3.05) is 13.1 Å². The van der Waals surface area contributed by atoms with Gasteiger partial charge in [0.05, 0.1) is 17.2 Å². The number of likely N-dealkylation sites (tertiary alicyclic amines) is 1. The van der Waals surface area contributed by atoms with Gasteiger partial charge in [0.1, 0.15) is 0 Å². The number of nitrogens with zero attached hydrogens (tertiary/aromatic N) is 3. The summed E-state index contributed by atoms with van der Waals surface area (Å²) in [7, 11) is 1.85. The molecule has 148 valence electrons. The number of carbonyl (C=O) groups is 2. The molecule has 0 bridgehead atoms. The van der Waals surface area contributed by atoms with Gasteiger partial charge in [-0.1, -0.05) is 49.6 Å². The number of hydrogen-bond donors (Lipinski definition) is 1.